The van der Waals surface area contributed by atoms with Gasteiger partial charge in [-0.2, -0.15) is 0 Å². The van der Waals surface area contributed by atoms with Gasteiger partial charge in [0.05, 0.1) is 18.9 Å². The fourth-order valence-corrected chi connectivity index (χ4v) is 5.03. The van der Waals surface area contributed by atoms with Crippen LogP contribution in [0.1, 0.15) is 23.2 Å². The highest BCUT2D eigenvalue weighted by molar-refractivity contribution is 6.30. The summed E-state index contributed by atoms with van der Waals surface area (Å²) < 4.78 is 11.1. The molecular formula is C29H32ClN5O4. The van der Waals surface area contributed by atoms with Crippen molar-refractivity contribution in [2.45, 2.75) is 18.9 Å². The molecule has 0 saturated carbocycles. The Morgan fingerprint density at radius 2 is 1.85 bits per heavy atom. The molecule has 3 heterocycles. The topological polar surface area (TPSA) is 88.1 Å². The van der Waals surface area contributed by atoms with Crippen molar-refractivity contribution in [1.29, 1.82) is 0 Å². The van der Waals surface area contributed by atoms with Crippen molar-refractivity contribution in [2.24, 2.45) is 0 Å². The van der Waals surface area contributed by atoms with Crippen LogP contribution in [0.2, 0.25) is 5.02 Å². The molecule has 39 heavy (non-hydrogen) atoms. The molecule has 1 aromatic heterocycles. The van der Waals surface area contributed by atoms with Crippen LogP contribution in [0.5, 0.6) is 5.75 Å². The van der Waals surface area contributed by atoms with Crippen LogP contribution in [0.25, 0.3) is 11.3 Å². The Morgan fingerprint density at radius 1 is 1.05 bits per heavy atom. The molecule has 2 saturated heterocycles. The Hall–Kier alpha value is -3.69. The maximum absolute atomic E-state index is 13.3. The van der Waals surface area contributed by atoms with Gasteiger partial charge in [0.2, 0.25) is 5.91 Å². The minimum atomic E-state index is -0.194. The first-order valence-corrected chi connectivity index (χ1v) is 13.6. The molecule has 2 fully saturated rings. The third kappa shape index (κ3) is 6.66. The monoisotopic (exact) mass is 549 g/mol. The van der Waals surface area contributed by atoms with Gasteiger partial charge in [0.15, 0.2) is 5.82 Å². The molecule has 0 radical (unpaired) electrons. The molecule has 204 valence electrons. The number of halogens is 1. The summed E-state index contributed by atoms with van der Waals surface area (Å²) in [6.45, 7) is 3.44. The van der Waals surface area contributed by atoms with Gasteiger partial charge in [-0.15, -0.1) is 10.2 Å². The molecule has 3 aromatic rings. The Kier molecular flexibility index (Phi) is 8.58. The predicted octanol–water partition coefficient (Wildman–Crippen LogP) is 3.78. The third-order valence-electron chi connectivity index (χ3n) is 7.12. The first-order valence-electron chi connectivity index (χ1n) is 13.2. The number of hydrogen-bond donors (Lipinski definition) is 0. The second-order valence-corrected chi connectivity index (χ2v) is 10.1. The lowest BCUT2D eigenvalue weighted by Gasteiger charge is -2.36. The molecule has 1 atom stereocenters. The van der Waals surface area contributed by atoms with Gasteiger partial charge in [-0.05, 0) is 61.4 Å². The van der Waals surface area contributed by atoms with E-state index >= 15 is 0 Å². The number of amides is 2. The largest absolute Gasteiger partial charge is 0.497 e. The molecule has 2 aliphatic rings. The highest BCUT2D eigenvalue weighted by Crippen LogP contribution is 2.23. The molecular weight excluding hydrogens is 518 g/mol. The number of piperazine rings is 1. The summed E-state index contributed by atoms with van der Waals surface area (Å²) in [6, 6.07) is 18.4. The van der Waals surface area contributed by atoms with Crippen molar-refractivity contribution in [3.63, 3.8) is 0 Å². The van der Waals surface area contributed by atoms with Crippen molar-refractivity contribution < 1.29 is 19.1 Å². The predicted molar refractivity (Wildman–Crippen MR) is 149 cm³/mol. The summed E-state index contributed by atoms with van der Waals surface area (Å²) in [7, 11) is 1.64. The van der Waals surface area contributed by atoms with Crippen LogP contribution >= 0.6 is 11.6 Å². The Morgan fingerprint density at radius 3 is 2.51 bits per heavy atom. The van der Waals surface area contributed by atoms with Crippen LogP contribution in [-0.4, -0.2) is 90.9 Å². The molecule has 2 aromatic carbocycles. The van der Waals surface area contributed by atoms with E-state index in [2.05, 4.69) is 15.1 Å². The highest BCUT2D eigenvalue weighted by Gasteiger charge is 2.28. The standard InChI is InChI=1S/C29H32ClN5O4/c1-38-24-5-2-4-22(18-24)26-11-12-27(32-31-26)33-13-15-34(16-14-33)28(36)20-35(19-25-6-3-17-39-25)29(37)21-7-9-23(30)10-8-21/h2,4-5,7-12,18,25H,3,6,13-17,19-20H2,1H3/t25-/m1/s1. The van der Waals surface area contributed by atoms with E-state index in [1.54, 1.807) is 36.3 Å². The van der Waals surface area contributed by atoms with Crippen molar-refractivity contribution in [3.8, 4) is 17.0 Å². The smallest absolute Gasteiger partial charge is 0.254 e. The zero-order chi connectivity index (χ0) is 27.2. The molecule has 0 bridgehead atoms. The number of methoxy groups -OCH3 is 1. The Labute approximate surface area is 233 Å². The third-order valence-corrected chi connectivity index (χ3v) is 7.38. The maximum Gasteiger partial charge on any atom is 0.254 e. The zero-order valence-corrected chi connectivity index (χ0v) is 22.7. The van der Waals surface area contributed by atoms with Gasteiger partial charge in [0.25, 0.3) is 5.91 Å². The van der Waals surface area contributed by atoms with Crippen LogP contribution in [0, 0.1) is 0 Å². The van der Waals surface area contributed by atoms with E-state index in [-0.39, 0.29) is 24.5 Å². The Balaban J connectivity index is 1.19. The molecule has 0 N–H and O–H groups in total. The van der Waals surface area contributed by atoms with Gasteiger partial charge in [-0.3, -0.25) is 9.59 Å². The lowest BCUT2D eigenvalue weighted by atomic mass is 10.1. The SMILES string of the molecule is COc1cccc(-c2ccc(N3CCN(C(=O)CN(C[C@H]4CCCO4)C(=O)c4ccc(Cl)cc4)CC3)nn2)c1. The average molecular weight is 550 g/mol. The van der Waals surface area contributed by atoms with Gasteiger partial charge in [-0.25, -0.2) is 0 Å². The van der Waals surface area contributed by atoms with Gasteiger partial charge in [-0.1, -0.05) is 23.7 Å². The molecule has 10 heteroatoms. The number of hydrogen-bond acceptors (Lipinski definition) is 7. The maximum atomic E-state index is 13.3. The van der Waals surface area contributed by atoms with Crippen LogP contribution in [0.3, 0.4) is 0 Å². The van der Waals surface area contributed by atoms with Gasteiger partial charge >= 0.3 is 0 Å². The lowest BCUT2D eigenvalue weighted by Crippen LogP contribution is -2.52. The van der Waals surface area contributed by atoms with Gasteiger partial charge in [0, 0.05) is 55.5 Å². The summed E-state index contributed by atoms with van der Waals surface area (Å²) in [6.07, 6.45) is 1.80. The van der Waals surface area contributed by atoms with Gasteiger partial charge in [0.1, 0.15) is 12.3 Å². The van der Waals surface area contributed by atoms with E-state index in [0.29, 0.717) is 49.9 Å². The van der Waals surface area contributed by atoms with Crippen LogP contribution in [-0.2, 0) is 9.53 Å². The molecule has 2 amide bonds. The van der Waals surface area contributed by atoms with E-state index in [9.17, 15) is 9.59 Å². The van der Waals surface area contributed by atoms with Crippen LogP contribution in [0.4, 0.5) is 5.82 Å². The molecule has 9 nitrogen and oxygen atoms in total. The van der Waals surface area contributed by atoms with Crippen LogP contribution in [0.15, 0.2) is 60.7 Å². The summed E-state index contributed by atoms with van der Waals surface area (Å²) >= 11 is 6.00. The van der Waals surface area contributed by atoms with E-state index in [1.807, 2.05) is 41.3 Å². The number of carbonyl (C=O) groups excluding carboxylic acids is 2. The lowest BCUT2D eigenvalue weighted by molar-refractivity contribution is -0.132. The van der Waals surface area contributed by atoms with Gasteiger partial charge < -0.3 is 24.2 Å². The van der Waals surface area contributed by atoms with Crippen molar-refractivity contribution in [3.05, 3.63) is 71.2 Å². The molecule has 5 rings (SSSR count). The van der Waals surface area contributed by atoms with E-state index in [1.165, 1.54) is 0 Å². The number of nitrogens with zero attached hydrogens (tertiary/aromatic N) is 5. The minimum Gasteiger partial charge on any atom is -0.497 e. The molecule has 0 unspecified atom stereocenters. The number of aromatic nitrogens is 2. The minimum absolute atomic E-state index is 0.0103. The average Bonchev–Trinajstić information content (AvgIpc) is 3.50. The number of benzene rings is 2. The fraction of sp³-hybridized carbons (Fsp3) is 0.379. The Bertz CT molecular complexity index is 1270. The quantitative estimate of drug-likeness (QED) is 0.422. The van der Waals surface area contributed by atoms with Crippen molar-refractivity contribution in [1.82, 2.24) is 20.0 Å². The fourth-order valence-electron chi connectivity index (χ4n) is 4.91. The number of ether oxygens (including phenoxy) is 2. The zero-order valence-electron chi connectivity index (χ0n) is 22.0. The molecule has 2 aliphatic heterocycles. The summed E-state index contributed by atoms with van der Waals surface area (Å²) in [4.78, 5) is 32.1. The summed E-state index contributed by atoms with van der Waals surface area (Å²) in [5.41, 5.74) is 2.21. The normalized spacial score (nSPS) is 17.2. The van der Waals surface area contributed by atoms with Crippen LogP contribution < -0.4 is 9.64 Å². The summed E-state index contributed by atoms with van der Waals surface area (Å²) in [5, 5.41) is 9.39. The second kappa shape index (κ2) is 12.4. The van der Waals surface area contributed by atoms with E-state index in [4.69, 9.17) is 21.1 Å². The number of rotatable bonds is 8. The molecule has 0 spiro atoms. The highest BCUT2D eigenvalue weighted by atomic mass is 35.5. The van der Waals surface area contributed by atoms with Crippen molar-refractivity contribution >= 4 is 29.2 Å². The van der Waals surface area contributed by atoms with E-state index < -0.39 is 0 Å². The first kappa shape index (κ1) is 26.9. The first-order chi connectivity index (χ1) is 19.0. The van der Waals surface area contributed by atoms with Crippen molar-refractivity contribution in [2.75, 3.05) is 57.9 Å². The number of carbonyl (C=O) groups is 2. The number of anilines is 1. The second-order valence-electron chi connectivity index (χ2n) is 9.70. The molecule has 0 aliphatic carbocycles. The van der Waals surface area contributed by atoms with E-state index in [0.717, 1.165) is 35.7 Å². The summed E-state index contributed by atoms with van der Waals surface area (Å²) in [5.74, 6) is 1.27.